The molecule has 236 valence electrons. The number of aromatic amines is 1. The molecule has 0 spiro atoms. The Balaban J connectivity index is 1.30. The lowest BCUT2D eigenvalue weighted by atomic mass is 9.95. The number of anilines is 3. The fraction of sp³-hybridized carbons (Fsp3) is 0.467. The molecule has 1 aliphatic heterocycles. The van der Waals surface area contributed by atoms with E-state index in [0.29, 0.717) is 53.4 Å². The van der Waals surface area contributed by atoms with Crippen LogP contribution in [0.4, 0.5) is 21.7 Å². The Morgan fingerprint density at radius 3 is 2.39 bits per heavy atom. The predicted octanol–water partition coefficient (Wildman–Crippen LogP) is 5.88. The van der Waals surface area contributed by atoms with Crippen LogP contribution >= 0.6 is 0 Å². The molecule has 2 aromatic heterocycles. The van der Waals surface area contributed by atoms with Crippen LogP contribution in [0, 0.1) is 0 Å². The Bertz CT molecular complexity index is 1730. The van der Waals surface area contributed by atoms with E-state index in [2.05, 4.69) is 30.3 Å². The average molecular weight is 629 g/mol. The van der Waals surface area contributed by atoms with Crippen LogP contribution in [0.15, 0.2) is 39.8 Å². The summed E-state index contributed by atoms with van der Waals surface area (Å²) in [6.07, 6.45) is 3.73. The Labute approximate surface area is 255 Å². The lowest BCUT2D eigenvalue weighted by Gasteiger charge is -2.32. The second-order valence-corrected chi connectivity index (χ2v) is 13.0. The molecule has 2 atom stereocenters. The number of H-pyrrole nitrogens is 1. The van der Waals surface area contributed by atoms with E-state index < -0.39 is 16.2 Å². The van der Waals surface area contributed by atoms with E-state index in [0.717, 1.165) is 37.1 Å². The fourth-order valence-corrected chi connectivity index (χ4v) is 7.14. The van der Waals surface area contributed by atoms with E-state index in [1.165, 1.54) is 21.3 Å². The lowest BCUT2D eigenvalue weighted by Crippen LogP contribution is -2.29. The molecule has 44 heavy (non-hydrogen) atoms. The van der Waals surface area contributed by atoms with Gasteiger partial charge in [0.25, 0.3) is 10.0 Å². The molecule has 2 aromatic carbocycles. The van der Waals surface area contributed by atoms with Gasteiger partial charge >= 0.3 is 0 Å². The van der Waals surface area contributed by atoms with Crippen molar-refractivity contribution in [3.63, 3.8) is 0 Å². The first-order valence-corrected chi connectivity index (χ1v) is 16.1. The Morgan fingerprint density at radius 1 is 0.977 bits per heavy atom. The SMILES string of the molecule is COc1cc2c(NS(=O)(=O)c3c(OC)cc(C4CC[C@@H](F)CCCN4C)cc3OC)noc2cc1Nc1cc(C2CC2)[nH]n1. The number of sulfonamides is 1. The highest BCUT2D eigenvalue weighted by atomic mass is 32.2. The zero-order chi connectivity index (χ0) is 31.0. The molecule has 3 N–H and O–H groups in total. The summed E-state index contributed by atoms with van der Waals surface area (Å²) in [7, 11) is 2.01. The summed E-state index contributed by atoms with van der Waals surface area (Å²) < 4.78 is 66.8. The van der Waals surface area contributed by atoms with Gasteiger partial charge in [-0.2, -0.15) is 5.10 Å². The van der Waals surface area contributed by atoms with Crippen molar-refractivity contribution in [2.24, 2.45) is 0 Å². The molecule has 0 amide bonds. The maximum Gasteiger partial charge on any atom is 0.270 e. The zero-order valence-corrected chi connectivity index (χ0v) is 26.0. The average Bonchev–Trinajstić information content (AvgIpc) is 3.64. The summed E-state index contributed by atoms with van der Waals surface area (Å²) in [6, 6.07) is 8.50. The first-order valence-electron chi connectivity index (χ1n) is 14.6. The summed E-state index contributed by atoms with van der Waals surface area (Å²) in [6.45, 7) is 0.723. The van der Waals surface area contributed by atoms with Gasteiger partial charge in [-0.15, -0.1) is 0 Å². The topological polar surface area (TPSA) is 144 Å². The van der Waals surface area contributed by atoms with Gasteiger partial charge in [0.05, 0.1) is 32.4 Å². The normalized spacial score (nSPS) is 19.8. The van der Waals surface area contributed by atoms with Gasteiger partial charge in [0.1, 0.15) is 23.4 Å². The molecular formula is C30H37FN6O6S. The van der Waals surface area contributed by atoms with Gasteiger partial charge in [-0.3, -0.25) is 14.7 Å². The summed E-state index contributed by atoms with van der Waals surface area (Å²) in [5.74, 6) is 1.76. The quantitative estimate of drug-likeness (QED) is 0.195. The summed E-state index contributed by atoms with van der Waals surface area (Å²) in [5.41, 5.74) is 2.77. The van der Waals surface area contributed by atoms with Gasteiger partial charge in [-0.05, 0) is 75.9 Å². The highest BCUT2D eigenvalue weighted by molar-refractivity contribution is 7.93. The molecule has 14 heteroatoms. The highest BCUT2D eigenvalue weighted by Crippen LogP contribution is 2.43. The van der Waals surface area contributed by atoms with Crippen LogP contribution in [-0.4, -0.2) is 69.8 Å². The third kappa shape index (κ3) is 6.00. The second-order valence-electron chi connectivity index (χ2n) is 11.4. The number of nitrogens with one attached hydrogen (secondary N) is 3. The summed E-state index contributed by atoms with van der Waals surface area (Å²) in [5, 5.41) is 15.0. The van der Waals surface area contributed by atoms with Crippen molar-refractivity contribution >= 4 is 38.3 Å². The number of methoxy groups -OCH3 is 3. The number of hydrogen-bond donors (Lipinski definition) is 3. The number of hydrogen-bond acceptors (Lipinski definition) is 10. The van der Waals surface area contributed by atoms with Crippen LogP contribution < -0.4 is 24.2 Å². The fourth-order valence-electron chi connectivity index (χ4n) is 5.83. The monoisotopic (exact) mass is 628 g/mol. The number of likely N-dealkylation sites (tertiary alicyclic amines) is 1. The van der Waals surface area contributed by atoms with Gasteiger partial charge in [0, 0.05) is 29.8 Å². The standard InChI is InChI=1S/C30H37FN6O6S/c1-37-11-5-6-19(31)9-10-23(37)18-12-26(41-3)29(27(13-18)42-4)44(38,39)36-30-20-14-25(40-2)22(15-24(20)43-35-30)32-28-16-21(33-34-28)17-7-8-17/h12-17,19,23H,5-11H2,1-4H3,(H,35,36)(H2,32,33,34)/t19-,23?/m0/s1. The minimum absolute atomic E-state index is 0.0254. The Hall–Kier alpha value is -4.04. The molecule has 12 nitrogen and oxygen atoms in total. The van der Waals surface area contributed by atoms with Crippen LogP contribution in [0.2, 0.25) is 0 Å². The molecule has 1 aliphatic carbocycles. The number of ether oxygens (including phenoxy) is 3. The van der Waals surface area contributed by atoms with Crippen LogP contribution in [0.25, 0.3) is 11.0 Å². The van der Waals surface area contributed by atoms with Crippen molar-refractivity contribution in [3.05, 3.63) is 41.6 Å². The van der Waals surface area contributed by atoms with Crippen LogP contribution in [0.1, 0.15) is 61.7 Å². The minimum atomic E-state index is -4.29. The molecule has 1 saturated carbocycles. The predicted molar refractivity (Wildman–Crippen MR) is 163 cm³/mol. The molecule has 2 aliphatic rings. The maximum atomic E-state index is 14.3. The number of alkyl halides is 1. The van der Waals surface area contributed by atoms with Gasteiger partial charge in [-0.1, -0.05) is 5.16 Å². The number of halogens is 1. The number of rotatable bonds is 10. The smallest absolute Gasteiger partial charge is 0.270 e. The number of fused-ring (bicyclic) bond motifs is 1. The van der Waals surface area contributed by atoms with E-state index in [-0.39, 0.29) is 28.3 Å². The van der Waals surface area contributed by atoms with Crippen molar-refractivity contribution in [2.45, 2.75) is 61.6 Å². The molecule has 0 radical (unpaired) electrons. The largest absolute Gasteiger partial charge is 0.495 e. The van der Waals surface area contributed by atoms with Crippen molar-refractivity contribution in [3.8, 4) is 17.2 Å². The second kappa shape index (κ2) is 12.2. The molecule has 1 unspecified atom stereocenters. The van der Waals surface area contributed by atoms with Crippen molar-refractivity contribution in [1.29, 1.82) is 0 Å². The van der Waals surface area contributed by atoms with E-state index >= 15 is 0 Å². The van der Waals surface area contributed by atoms with Crippen molar-refractivity contribution in [2.75, 3.05) is 45.0 Å². The third-order valence-electron chi connectivity index (χ3n) is 8.35. The molecule has 4 aromatic rings. The van der Waals surface area contributed by atoms with Crippen LogP contribution in [-0.2, 0) is 10.0 Å². The van der Waals surface area contributed by atoms with Gasteiger partial charge in [0.2, 0.25) is 0 Å². The van der Waals surface area contributed by atoms with Gasteiger partial charge in [0.15, 0.2) is 22.1 Å². The molecule has 2 fully saturated rings. The van der Waals surface area contributed by atoms with E-state index in [9.17, 15) is 12.8 Å². The first-order chi connectivity index (χ1) is 21.2. The summed E-state index contributed by atoms with van der Waals surface area (Å²) in [4.78, 5) is 1.97. The zero-order valence-electron chi connectivity index (χ0n) is 25.1. The highest BCUT2D eigenvalue weighted by Gasteiger charge is 2.31. The van der Waals surface area contributed by atoms with Crippen molar-refractivity contribution in [1.82, 2.24) is 20.3 Å². The molecule has 3 heterocycles. The van der Waals surface area contributed by atoms with Crippen LogP contribution in [0.5, 0.6) is 17.2 Å². The molecular weight excluding hydrogens is 591 g/mol. The number of aromatic nitrogens is 3. The van der Waals surface area contributed by atoms with E-state index in [1.54, 1.807) is 24.3 Å². The minimum Gasteiger partial charge on any atom is -0.495 e. The van der Waals surface area contributed by atoms with Crippen molar-refractivity contribution < 1.29 is 31.5 Å². The van der Waals surface area contributed by atoms with E-state index in [4.69, 9.17) is 18.7 Å². The van der Waals surface area contributed by atoms with E-state index in [1.807, 2.05) is 13.1 Å². The summed E-state index contributed by atoms with van der Waals surface area (Å²) >= 11 is 0. The Morgan fingerprint density at radius 2 is 1.70 bits per heavy atom. The number of benzene rings is 2. The first kappa shape index (κ1) is 30.0. The maximum absolute atomic E-state index is 14.3. The molecule has 6 rings (SSSR count). The molecule has 1 saturated heterocycles. The third-order valence-corrected chi connectivity index (χ3v) is 9.75. The lowest BCUT2D eigenvalue weighted by molar-refractivity contribution is 0.165. The van der Waals surface area contributed by atoms with Gasteiger partial charge < -0.3 is 24.1 Å². The number of nitrogens with zero attached hydrogens (tertiary/aromatic N) is 3. The van der Waals surface area contributed by atoms with Gasteiger partial charge in [-0.25, -0.2) is 12.8 Å². The molecule has 0 bridgehead atoms. The van der Waals surface area contributed by atoms with Crippen LogP contribution in [0.3, 0.4) is 0 Å². The Kier molecular flexibility index (Phi) is 8.29.